The third-order valence-electron chi connectivity index (χ3n) is 2.89. The molecule has 0 aliphatic heterocycles. The SMILES string of the molecule is C=CCc1ccc(OS(=O)(=O)c2cccc(Cl)c2)c(OC)c1. The van der Waals surface area contributed by atoms with Crippen LogP contribution in [0.15, 0.2) is 60.0 Å². The summed E-state index contributed by atoms with van der Waals surface area (Å²) in [6.07, 6.45) is 2.40. The van der Waals surface area contributed by atoms with E-state index in [1.165, 1.54) is 19.2 Å². The Labute approximate surface area is 135 Å². The maximum Gasteiger partial charge on any atom is 0.339 e. The maximum atomic E-state index is 12.3. The molecule has 0 saturated heterocycles. The van der Waals surface area contributed by atoms with E-state index in [0.29, 0.717) is 17.2 Å². The summed E-state index contributed by atoms with van der Waals surface area (Å²) < 4.78 is 34.9. The van der Waals surface area contributed by atoms with Crippen molar-refractivity contribution in [3.05, 3.63) is 65.7 Å². The van der Waals surface area contributed by atoms with E-state index in [-0.39, 0.29) is 10.6 Å². The van der Waals surface area contributed by atoms with Gasteiger partial charge < -0.3 is 8.92 Å². The van der Waals surface area contributed by atoms with Crippen molar-refractivity contribution >= 4 is 21.7 Å². The number of hydrogen-bond acceptors (Lipinski definition) is 4. The van der Waals surface area contributed by atoms with Crippen molar-refractivity contribution in [1.82, 2.24) is 0 Å². The van der Waals surface area contributed by atoms with Crippen molar-refractivity contribution < 1.29 is 17.3 Å². The molecule has 0 N–H and O–H groups in total. The molecule has 0 atom stereocenters. The average molecular weight is 339 g/mol. The molecule has 2 aromatic carbocycles. The first-order valence-electron chi connectivity index (χ1n) is 6.44. The highest BCUT2D eigenvalue weighted by molar-refractivity contribution is 7.87. The average Bonchev–Trinajstić information content (AvgIpc) is 2.49. The monoisotopic (exact) mass is 338 g/mol. The van der Waals surface area contributed by atoms with Crippen molar-refractivity contribution in [1.29, 1.82) is 0 Å². The Morgan fingerprint density at radius 1 is 1.18 bits per heavy atom. The van der Waals surface area contributed by atoms with Gasteiger partial charge in [-0.1, -0.05) is 29.8 Å². The van der Waals surface area contributed by atoms with E-state index < -0.39 is 10.1 Å². The Bertz CT molecular complexity index is 784. The highest BCUT2D eigenvalue weighted by atomic mass is 35.5. The molecule has 2 aromatic rings. The molecule has 0 heterocycles. The molecule has 4 nitrogen and oxygen atoms in total. The van der Waals surface area contributed by atoms with Crippen LogP contribution >= 0.6 is 11.6 Å². The van der Waals surface area contributed by atoms with Crippen LogP contribution in [-0.2, 0) is 16.5 Å². The van der Waals surface area contributed by atoms with Gasteiger partial charge in [0.1, 0.15) is 4.90 Å². The second-order valence-corrected chi connectivity index (χ2v) is 6.46. The van der Waals surface area contributed by atoms with E-state index in [1.807, 2.05) is 0 Å². The summed E-state index contributed by atoms with van der Waals surface area (Å²) in [5, 5.41) is 0.318. The van der Waals surface area contributed by atoms with Gasteiger partial charge in [0.05, 0.1) is 7.11 Å². The normalized spacial score (nSPS) is 11.0. The second-order valence-electron chi connectivity index (χ2n) is 4.47. The van der Waals surface area contributed by atoms with Crippen LogP contribution in [0.4, 0.5) is 0 Å². The molecule has 0 aliphatic rings. The Balaban J connectivity index is 2.35. The third kappa shape index (κ3) is 3.81. The molecular formula is C16H15ClO4S. The van der Waals surface area contributed by atoms with Crippen molar-refractivity contribution in [3.63, 3.8) is 0 Å². The summed E-state index contributed by atoms with van der Waals surface area (Å²) in [6.45, 7) is 3.66. The number of methoxy groups -OCH3 is 1. The van der Waals surface area contributed by atoms with Gasteiger partial charge in [-0.25, -0.2) is 0 Å². The lowest BCUT2D eigenvalue weighted by Gasteiger charge is -2.12. The van der Waals surface area contributed by atoms with Gasteiger partial charge in [0.2, 0.25) is 0 Å². The van der Waals surface area contributed by atoms with Crippen molar-refractivity contribution in [2.75, 3.05) is 7.11 Å². The lowest BCUT2D eigenvalue weighted by atomic mass is 10.1. The Hall–Kier alpha value is -1.98. The first-order valence-corrected chi connectivity index (χ1v) is 8.23. The second kappa shape index (κ2) is 6.85. The van der Waals surface area contributed by atoms with Crippen LogP contribution in [0.5, 0.6) is 11.5 Å². The molecule has 0 radical (unpaired) electrons. The zero-order valence-electron chi connectivity index (χ0n) is 12.0. The molecule has 22 heavy (non-hydrogen) atoms. The molecule has 0 aliphatic carbocycles. The van der Waals surface area contributed by atoms with Gasteiger partial charge in [-0.3, -0.25) is 0 Å². The zero-order chi connectivity index (χ0) is 16.2. The first kappa shape index (κ1) is 16.4. The molecule has 0 saturated carbocycles. The zero-order valence-corrected chi connectivity index (χ0v) is 13.5. The summed E-state index contributed by atoms with van der Waals surface area (Å²) >= 11 is 5.81. The first-order chi connectivity index (χ1) is 10.5. The van der Waals surface area contributed by atoms with Crippen molar-refractivity contribution in [2.24, 2.45) is 0 Å². The molecule has 2 rings (SSSR count). The van der Waals surface area contributed by atoms with E-state index in [0.717, 1.165) is 5.56 Å². The highest BCUT2D eigenvalue weighted by Crippen LogP contribution is 2.31. The molecular weight excluding hydrogens is 324 g/mol. The fourth-order valence-corrected chi connectivity index (χ4v) is 3.11. The van der Waals surface area contributed by atoms with Gasteiger partial charge in [-0.15, -0.1) is 6.58 Å². The molecule has 0 amide bonds. The van der Waals surface area contributed by atoms with E-state index in [2.05, 4.69) is 6.58 Å². The maximum absolute atomic E-state index is 12.3. The largest absolute Gasteiger partial charge is 0.493 e. The van der Waals surface area contributed by atoms with Crippen LogP contribution in [0.3, 0.4) is 0 Å². The minimum absolute atomic E-state index is 0.0165. The van der Waals surface area contributed by atoms with Gasteiger partial charge >= 0.3 is 10.1 Å². The van der Waals surface area contributed by atoms with E-state index in [4.69, 9.17) is 20.5 Å². The van der Waals surface area contributed by atoms with Crippen molar-refractivity contribution in [2.45, 2.75) is 11.3 Å². The predicted molar refractivity (Wildman–Crippen MR) is 86.2 cm³/mol. The van der Waals surface area contributed by atoms with Gasteiger partial charge in [-0.2, -0.15) is 8.42 Å². The molecule has 0 bridgehead atoms. The summed E-state index contributed by atoms with van der Waals surface area (Å²) in [6, 6.07) is 10.9. The molecule has 116 valence electrons. The lowest BCUT2D eigenvalue weighted by Crippen LogP contribution is -2.10. The van der Waals surface area contributed by atoms with E-state index in [1.54, 1.807) is 36.4 Å². The standard InChI is InChI=1S/C16H15ClO4S/c1-3-5-12-8-9-15(16(10-12)20-2)21-22(18,19)14-7-4-6-13(17)11-14/h3-4,6-11H,1,5H2,2H3. The van der Waals surface area contributed by atoms with Crippen LogP contribution in [0.1, 0.15) is 5.56 Å². The Kier molecular flexibility index (Phi) is 5.11. The number of hydrogen-bond donors (Lipinski definition) is 0. The molecule has 0 spiro atoms. The van der Waals surface area contributed by atoms with Gasteiger partial charge in [0.15, 0.2) is 11.5 Å². The smallest absolute Gasteiger partial charge is 0.339 e. The van der Waals surface area contributed by atoms with Crippen LogP contribution < -0.4 is 8.92 Å². The molecule has 6 heteroatoms. The van der Waals surface area contributed by atoms with Gasteiger partial charge in [-0.05, 0) is 42.3 Å². The Morgan fingerprint density at radius 2 is 1.95 bits per heavy atom. The van der Waals surface area contributed by atoms with Crippen LogP contribution in [-0.4, -0.2) is 15.5 Å². The summed E-state index contributed by atoms with van der Waals surface area (Å²) in [5.41, 5.74) is 0.944. The highest BCUT2D eigenvalue weighted by Gasteiger charge is 2.19. The fourth-order valence-electron chi connectivity index (χ4n) is 1.86. The fraction of sp³-hybridized carbons (Fsp3) is 0.125. The quantitative estimate of drug-likeness (QED) is 0.593. The van der Waals surface area contributed by atoms with Crippen LogP contribution in [0.2, 0.25) is 5.02 Å². The van der Waals surface area contributed by atoms with Crippen LogP contribution in [0.25, 0.3) is 0 Å². The van der Waals surface area contributed by atoms with Gasteiger partial charge in [0, 0.05) is 5.02 Å². The summed E-state index contributed by atoms with van der Waals surface area (Å²) in [5.74, 6) is 0.459. The Morgan fingerprint density at radius 3 is 2.59 bits per heavy atom. The summed E-state index contributed by atoms with van der Waals surface area (Å²) in [7, 11) is -2.53. The predicted octanol–water partition coefficient (Wildman–Crippen LogP) is 3.84. The molecule has 0 fully saturated rings. The van der Waals surface area contributed by atoms with E-state index >= 15 is 0 Å². The number of rotatable bonds is 6. The topological polar surface area (TPSA) is 52.6 Å². The minimum Gasteiger partial charge on any atom is -0.493 e. The van der Waals surface area contributed by atoms with E-state index in [9.17, 15) is 8.42 Å². The number of allylic oxidation sites excluding steroid dienone is 1. The molecule has 0 aromatic heterocycles. The van der Waals surface area contributed by atoms with Gasteiger partial charge in [0.25, 0.3) is 0 Å². The van der Waals surface area contributed by atoms with Crippen molar-refractivity contribution in [3.8, 4) is 11.5 Å². The van der Waals surface area contributed by atoms with Crippen LogP contribution in [0, 0.1) is 0 Å². The molecule has 0 unspecified atom stereocenters. The number of ether oxygens (including phenoxy) is 1. The number of benzene rings is 2. The number of halogens is 1. The minimum atomic E-state index is -3.98. The summed E-state index contributed by atoms with van der Waals surface area (Å²) in [4.78, 5) is -0.0165. The lowest BCUT2D eigenvalue weighted by molar-refractivity contribution is 0.390. The third-order valence-corrected chi connectivity index (χ3v) is 4.36.